The quantitative estimate of drug-likeness (QED) is 0.669. The molecule has 3 saturated carbocycles. The molecule has 0 aromatic heterocycles. The molecule has 5 atom stereocenters. The molecule has 0 radical (unpaired) electrons. The standard InChI is InChI=1S/C18H30O/c1-11-7-8-14-17(5,6)15-10-18(11,14)9-13(12(2)19)16(15,3)4/h11,13-15H,7-10H2,1-6H3/t11?,13?,14?,15-,18?/m0/s1. The van der Waals surface area contributed by atoms with Gasteiger partial charge in [0, 0.05) is 5.92 Å². The summed E-state index contributed by atoms with van der Waals surface area (Å²) < 4.78 is 0. The van der Waals surface area contributed by atoms with Gasteiger partial charge in [-0.15, -0.1) is 0 Å². The summed E-state index contributed by atoms with van der Waals surface area (Å²) in [5.41, 5.74) is 1.09. The summed E-state index contributed by atoms with van der Waals surface area (Å²) in [5.74, 6) is 3.11. The van der Waals surface area contributed by atoms with Crippen LogP contribution in [-0.4, -0.2) is 5.78 Å². The lowest BCUT2D eigenvalue weighted by Crippen LogP contribution is -2.46. The van der Waals surface area contributed by atoms with Crippen LogP contribution in [0, 0.1) is 39.9 Å². The van der Waals surface area contributed by atoms with Crippen molar-refractivity contribution < 1.29 is 4.79 Å². The van der Waals surface area contributed by atoms with Gasteiger partial charge in [0.1, 0.15) is 5.78 Å². The lowest BCUT2D eigenvalue weighted by atomic mass is 9.54. The minimum absolute atomic E-state index is 0.185. The van der Waals surface area contributed by atoms with E-state index < -0.39 is 0 Å². The predicted octanol–water partition coefficient (Wildman–Crippen LogP) is 4.70. The number of fused-ring (bicyclic) bond motifs is 1. The summed E-state index contributed by atoms with van der Waals surface area (Å²) >= 11 is 0. The Hall–Kier alpha value is -0.330. The number of hydrogen-bond donors (Lipinski definition) is 0. The average Bonchev–Trinajstić information content (AvgIpc) is 2.69. The van der Waals surface area contributed by atoms with Crippen LogP contribution in [0.2, 0.25) is 0 Å². The van der Waals surface area contributed by atoms with E-state index in [1.54, 1.807) is 0 Å². The monoisotopic (exact) mass is 262 g/mol. The molecular weight excluding hydrogens is 232 g/mol. The Morgan fingerprint density at radius 2 is 1.58 bits per heavy atom. The van der Waals surface area contributed by atoms with Crippen molar-refractivity contribution >= 4 is 5.78 Å². The van der Waals surface area contributed by atoms with Crippen LogP contribution in [0.15, 0.2) is 0 Å². The van der Waals surface area contributed by atoms with Crippen LogP contribution in [0.4, 0.5) is 0 Å². The van der Waals surface area contributed by atoms with Gasteiger partial charge in [-0.3, -0.25) is 4.79 Å². The first-order valence-electron chi connectivity index (χ1n) is 8.14. The maximum absolute atomic E-state index is 12.2. The van der Waals surface area contributed by atoms with E-state index in [4.69, 9.17) is 0 Å². The molecule has 0 heterocycles. The molecule has 0 amide bonds. The number of carbonyl (C=O) groups is 1. The zero-order valence-corrected chi connectivity index (χ0v) is 13.5. The van der Waals surface area contributed by atoms with E-state index in [2.05, 4.69) is 34.6 Å². The lowest BCUT2D eigenvalue weighted by Gasteiger charge is -2.50. The summed E-state index contributed by atoms with van der Waals surface area (Å²) in [6, 6.07) is 0. The fraction of sp³-hybridized carbons (Fsp3) is 0.944. The molecule has 1 heteroatoms. The highest BCUT2D eigenvalue weighted by Crippen LogP contribution is 2.75. The zero-order valence-electron chi connectivity index (χ0n) is 13.5. The van der Waals surface area contributed by atoms with E-state index in [-0.39, 0.29) is 11.3 Å². The zero-order chi connectivity index (χ0) is 14.2. The van der Waals surface area contributed by atoms with E-state index in [0.29, 0.717) is 16.6 Å². The van der Waals surface area contributed by atoms with Crippen molar-refractivity contribution in [3.05, 3.63) is 0 Å². The Bertz CT molecular complexity index is 419. The molecule has 3 aliphatic carbocycles. The summed E-state index contributed by atoms with van der Waals surface area (Å²) in [6.45, 7) is 14.0. The van der Waals surface area contributed by atoms with Crippen LogP contribution in [-0.2, 0) is 4.79 Å². The predicted molar refractivity (Wildman–Crippen MR) is 78.8 cm³/mol. The summed E-state index contributed by atoms with van der Waals surface area (Å²) in [5, 5.41) is 0. The SMILES string of the molecule is CC(=O)C1CC23C[C@@H](C1(C)C)C(C)(C)C2CCC3C. The van der Waals surface area contributed by atoms with E-state index in [1.165, 1.54) is 25.7 Å². The topological polar surface area (TPSA) is 17.1 Å². The molecule has 108 valence electrons. The highest BCUT2D eigenvalue weighted by atomic mass is 16.1. The first kappa shape index (κ1) is 13.6. The van der Waals surface area contributed by atoms with Crippen LogP contribution in [0.5, 0.6) is 0 Å². The number of rotatable bonds is 1. The second kappa shape index (κ2) is 3.65. The van der Waals surface area contributed by atoms with Crippen LogP contribution >= 0.6 is 0 Å². The molecule has 3 aliphatic rings. The number of ketones is 1. The van der Waals surface area contributed by atoms with E-state index in [0.717, 1.165) is 17.8 Å². The maximum atomic E-state index is 12.2. The summed E-state index contributed by atoms with van der Waals surface area (Å²) in [4.78, 5) is 12.2. The fourth-order valence-electron chi connectivity index (χ4n) is 6.88. The molecule has 3 fully saturated rings. The van der Waals surface area contributed by atoms with Crippen molar-refractivity contribution in [1.82, 2.24) is 0 Å². The Morgan fingerprint density at radius 1 is 0.947 bits per heavy atom. The van der Waals surface area contributed by atoms with E-state index in [9.17, 15) is 4.79 Å². The fourth-order valence-corrected chi connectivity index (χ4v) is 6.88. The van der Waals surface area contributed by atoms with Gasteiger partial charge in [-0.05, 0) is 66.6 Å². The third-order valence-electron chi connectivity index (χ3n) is 7.82. The first-order valence-corrected chi connectivity index (χ1v) is 8.14. The third kappa shape index (κ3) is 1.45. The molecule has 1 nitrogen and oxygen atoms in total. The number of Topliss-reactive ketones (excluding diaryl/α,β-unsaturated/α-hetero) is 1. The molecule has 2 bridgehead atoms. The minimum atomic E-state index is 0.185. The summed E-state index contributed by atoms with van der Waals surface area (Å²) in [7, 11) is 0. The van der Waals surface area contributed by atoms with Gasteiger partial charge in [0.25, 0.3) is 0 Å². The Morgan fingerprint density at radius 3 is 2.16 bits per heavy atom. The highest BCUT2D eigenvalue weighted by Gasteiger charge is 2.69. The maximum Gasteiger partial charge on any atom is 0.133 e. The Kier molecular flexibility index (Phi) is 2.62. The molecule has 0 N–H and O–H groups in total. The molecule has 4 unspecified atom stereocenters. The van der Waals surface area contributed by atoms with Gasteiger partial charge < -0.3 is 0 Å². The molecule has 0 saturated heterocycles. The highest BCUT2D eigenvalue weighted by molar-refractivity contribution is 5.79. The Labute approximate surface area is 118 Å². The first-order chi connectivity index (χ1) is 8.64. The average molecular weight is 262 g/mol. The second-order valence-corrected chi connectivity index (χ2v) is 9.03. The van der Waals surface area contributed by atoms with E-state index in [1.807, 2.05) is 6.92 Å². The third-order valence-corrected chi connectivity index (χ3v) is 7.82. The van der Waals surface area contributed by atoms with Crippen LogP contribution in [0.25, 0.3) is 0 Å². The minimum Gasteiger partial charge on any atom is -0.300 e. The molecule has 0 aromatic carbocycles. The van der Waals surface area contributed by atoms with Gasteiger partial charge in [0.15, 0.2) is 0 Å². The van der Waals surface area contributed by atoms with Crippen LogP contribution in [0.1, 0.15) is 67.2 Å². The number of carbonyl (C=O) groups excluding carboxylic acids is 1. The van der Waals surface area contributed by atoms with Gasteiger partial charge in [0.2, 0.25) is 0 Å². The van der Waals surface area contributed by atoms with Gasteiger partial charge in [0.05, 0.1) is 0 Å². The van der Waals surface area contributed by atoms with Gasteiger partial charge in [-0.25, -0.2) is 0 Å². The van der Waals surface area contributed by atoms with Crippen molar-refractivity contribution in [3.63, 3.8) is 0 Å². The van der Waals surface area contributed by atoms with Crippen LogP contribution < -0.4 is 0 Å². The smallest absolute Gasteiger partial charge is 0.133 e. The van der Waals surface area contributed by atoms with Crippen molar-refractivity contribution in [3.8, 4) is 0 Å². The molecular formula is C18H30O. The summed E-state index contributed by atoms with van der Waals surface area (Å²) in [6.07, 6.45) is 5.32. The number of hydrogen-bond acceptors (Lipinski definition) is 1. The molecule has 0 aromatic rings. The van der Waals surface area contributed by atoms with Gasteiger partial charge in [-0.1, -0.05) is 34.6 Å². The Balaban J connectivity index is 2.12. The van der Waals surface area contributed by atoms with Gasteiger partial charge >= 0.3 is 0 Å². The van der Waals surface area contributed by atoms with Crippen LogP contribution in [0.3, 0.4) is 0 Å². The molecule has 3 rings (SSSR count). The second-order valence-electron chi connectivity index (χ2n) is 9.03. The largest absolute Gasteiger partial charge is 0.300 e. The molecule has 0 aliphatic heterocycles. The van der Waals surface area contributed by atoms with Crippen molar-refractivity contribution in [1.29, 1.82) is 0 Å². The van der Waals surface area contributed by atoms with Crippen molar-refractivity contribution in [2.75, 3.05) is 0 Å². The van der Waals surface area contributed by atoms with Gasteiger partial charge in [-0.2, -0.15) is 0 Å². The van der Waals surface area contributed by atoms with E-state index >= 15 is 0 Å². The lowest BCUT2D eigenvalue weighted by molar-refractivity contribution is -0.131. The van der Waals surface area contributed by atoms with Crippen molar-refractivity contribution in [2.45, 2.75) is 67.2 Å². The molecule has 19 heavy (non-hydrogen) atoms. The molecule has 1 spiro atoms. The normalized spacial score (nSPS) is 50.0. The van der Waals surface area contributed by atoms with Crippen molar-refractivity contribution in [2.24, 2.45) is 39.9 Å².